The summed E-state index contributed by atoms with van der Waals surface area (Å²) in [4.78, 5) is 21.0. The number of esters is 1. The van der Waals surface area contributed by atoms with Crippen LogP contribution in [0.4, 0.5) is 0 Å². The first kappa shape index (κ1) is 13.2. The zero-order chi connectivity index (χ0) is 14.8. The third-order valence-corrected chi connectivity index (χ3v) is 3.44. The molecule has 3 aromatic rings. The van der Waals surface area contributed by atoms with E-state index in [4.69, 9.17) is 4.74 Å². The van der Waals surface area contributed by atoms with E-state index in [0.29, 0.717) is 16.6 Å². The van der Waals surface area contributed by atoms with Crippen LogP contribution in [-0.2, 0) is 4.74 Å². The number of hydrogen-bond donors (Lipinski definition) is 0. The number of carbonyl (C=O) groups is 1. The van der Waals surface area contributed by atoms with Crippen LogP contribution in [0.25, 0.3) is 22.3 Å². The zero-order valence-corrected chi connectivity index (χ0v) is 11.8. The predicted octanol–water partition coefficient (Wildman–Crippen LogP) is 3.39. The Kier molecular flexibility index (Phi) is 3.36. The van der Waals surface area contributed by atoms with Gasteiger partial charge in [0.2, 0.25) is 0 Å². The van der Waals surface area contributed by atoms with Gasteiger partial charge in [0.15, 0.2) is 5.65 Å². The Balaban J connectivity index is 2.37. The van der Waals surface area contributed by atoms with Crippen molar-refractivity contribution in [2.24, 2.45) is 0 Å². The fourth-order valence-corrected chi connectivity index (χ4v) is 2.43. The lowest BCUT2D eigenvalue weighted by Gasteiger charge is -2.12. The molecule has 0 fully saturated rings. The van der Waals surface area contributed by atoms with Gasteiger partial charge in [0.1, 0.15) is 0 Å². The van der Waals surface area contributed by atoms with E-state index in [1.807, 2.05) is 43.3 Å². The molecule has 0 radical (unpaired) electrons. The third-order valence-electron chi connectivity index (χ3n) is 3.44. The highest BCUT2D eigenvalue weighted by molar-refractivity contribution is 6.05. The molecule has 2 heterocycles. The molecule has 0 aliphatic rings. The van der Waals surface area contributed by atoms with Crippen LogP contribution in [0.1, 0.15) is 15.9 Å². The normalized spacial score (nSPS) is 10.6. The van der Waals surface area contributed by atoms with Crippen LogP contribution in [0.3, 0.4) is 0 Å². The van der Waals surface area contributed by atoms with Gasteiger partial charge in [0, 0.05) is 17.1 Å². The summed E-state index contributed by atoms with van der Waals surface area (Å²) in [6, 6.07) is 13.4. The van der Waals surface area contributed by atoms with Gasteiger partial charge in [-0.1, -0.05) is 30.3 Å². The molecule has 0 amide bonds. The second kappa shape index (κ2) is 5.32. The summed E-state index contributed by atoms with van der Waals surface area (Å²) in [5.41, 5.74) is 3.57. The lowest BCUT2D eigenvalue weighted by atomic mass is 9.99. The number of rotatable bonds is 2. The molecular weight excluding hydrogens is 264 g/mol. The Morgan fingerprint density at radius 2 is 1.86 bits per heavy atom. The molecule has 0 bridgehead atoms. The minimum absolute atomic E-state index is 0.370. The highest BCUT2D eigenvalue weighted by atomic mass is 16.5. The number of pyridine rings is 2. The number of carbonyl (C=O) groups excluding carboxylic acids is 1. The zero-order valence-electron chi connectivity index (χ0n) is 11.8. The molecule has 0 saturated carbocycles. The van der Waals surface area contributed by atoms with Crippen molar-refractivity contribution in [3.8, 4) is 11.3 Å². The van der Waals surface area contributed by atoms with E-state index in [1.165, 1.54) is 7.11 Å². The Bertz CT molecular complexity index is 814. The second-order valence-electron chi connectivity index (χ2n) is 4.69. The minimum atomic E-state index is -0.370. The molecule has 0 unspecified atom stereocenters. The van der Waals surface area contributed by atoms with Crippen LogP contribution in [-0.4, -0.2) is 23.0 Å². The van der Waals surface area contributed by atoms with Gasteiger partial charge in [-0.05, 0) is 24.6 Å². The van der Waals surface area contributed by atoms with Gasteiger partial charge in [-0.25, -0.2) is 14.8 Å². The highest BCUT2D eigenvalue weighted by Gasteiger charge is 2.19. The first-order valence-electron chi connectivity index (χ1n) is 6.61. The number of hydrogen-bond acceptors (Lipinski definition) is 4. The first-order valence-corrected chi connectivity index (χ1v) is 6.61. The third kappa shape index (κ3) is 2.25. The lowest BCUT2D eigenvalue weighted by molar-refractivity contribution is 0.0602. The summed E-state index contributed by atoms with van der Waals surface area (Å²) in [5, 5.41) is 0.710. The predicted molar refractivity (Wildman–Crippen MR) is 81.1 cm³/mol. The van der Waals surface area contributed by atoms with Gasteiger partial charge in [-0.3, -0.25) is 0 Å². The van der Waals surface area contributed by atoms with Crippen LogP contribution in [0.15, 0.2) is 48.7 Å². The Hall–Kier alpha value is -2.75. The van der Waals surface area contributed by atoms with E-state index >= 15 is 0 Å². The Morgan fingerprint density at radius 3 is 2.57 bits per heavy atom. The van der Waals surface area contributed by atoms with Crippen molar-refractivity contribution < 1.29 is 9.53 Å². The van der Waals surface area contributed by atoms with Crippen LogP contribution >= 0.6 is 0 Å². The molecule has 4 nitrogen and oxygen atoms in total. The maximum atomic E-state index is 12.2. The number of fused-ring (bicyclic) bond motifs is 1. The van der Waals surface area contributed by atoms with E-state index in [9.17, 15) is 4.79 Å². The Labute approximate surface area is 122 Å². The van der Waals surface area contributed by atoms with Gasteiger partial charge in [0.05, 0.1) is 18.4 Å². The van der Waals surface area contributed by atoms with E-state index in [0.717, 1.165) is 16.8 Å². The molecule has 0 spiro atoms. The standard InChI is InChI=1S/C17H14N2O2/c1-11-14(17(20)21-2)13-9-6-10-18-16(13)19-15(11)12-7-4-3-5-8-12/h3-10H,1-2H3. The van der Waals surface area contributed by atoms with Crippen molar-refractivity contribution >= 4 is 17.0 Å². The summed E-state index contributed by atoms with van der Waals surface area (Å²) in [6.07, 6.45) is 1.67. The van der Waals surface area contributed by atoms with Gasteiger partial charge >= 0.3 is 5.97 Å². The van der Waals surface area contributed by atoms with Crippen LogP contribution < -0.4 is 0 Å². The average Bonchev–Trinajstić information content (AvgIpc) is 2.54. The van der Waals surface area contributed by atoms with Gasteiger partial charge in [0.25, 0.3) is 0 Å². The van der Waals surface area contributed by atoms with Crippen LogP contribution in [0.2, 0.25) is 0 Å². The number of benzene rings is 1. The topological polar surface area (TPSA) is 52.1 Å². The van der Waals surface area contributed by atoms with E-state index < -0.39 is 0 Å². The first-order chi connectivity index (χ1) is 10.2. The summed E-state index contributed by atoms with van der Waals surface area (Å²) >= 11 is 0. The van der Waals surface area contributed by atoms with E-state index in [2.05, 4.69) is 9.97 Å². The fraction of sp³-hybridized carbons (Fsp3) is 0.118. The molecule has 0 aliphatic carbocycles. The monoisotopic (exact) mass is 278 g/mol. The molecule has 104 valence electrons. The van der Waals surface area contributed by atoms with Crippen molar-refractivity contribution in [1.29, 1.82) is 0 Å². The molecule has 3 rings (SSSR count). The van der Waals surface area contributed by atoms with Gasteiger partial charge < -0.3 is 4.74 Å². The highest BCUT2D eigenvalue weighted by Crippen LogP contribution is 2.29. The molecule has 21 heavy (non-hydrogen) atoms. The van der Waals surface area contributed by atoms with E-state index in [1.54, 1.807) is 12.3 Å². The smallest absolute Gasteiger partial charge is 0.338 e. The van der Waals surface area contributed by atoms with E-state index in [-0.39, 0.29) is 5.97 Å². The summed E-state index contributed by atoms with van der Waals surface area (Å²) in [7, 11) is 1.38. The second-order valence-corrected chi connectivity index (χ2v) is 4.69. The molecule has 0 atom stereocenters. The van der Waals surface area contributed by atoms with Crippen LogP contribution in [0, 0.1) is 6.92 Å². The lowest BCUT2D eigenvalue weighted by Crippen LogP contribution is -2.08. The van der Waals surface area contributed by atoms with Crippen molar-refractivity contribution in [3.63, 3.8) is 0 Å². The van der Waals surface area contributed by atoms with Crippen molar-refractivity contribution in [2.75, 3.05) is 7.11 Å². The molecule has 0 saturated heterocycles. The molecular formula is C17H14N2O2. The van der Waals surface area contributed by atoms with Crippen molar-refractivity contribution in [1.82, 2.24) is 9.97 Å². The maximum Gasteiger partial charge on any atom is 0.338 e. The Morgan fingerprint density at radius 1 is 1.10 bits per heavy atom. The quantitative estimate of drug-likeness (QED) is 0.674. The molecule has 1 aromatic carbocycles. The van der Waals surface area contributed by atoms with Crippen LogP contribution in [0.5, 0.6) is 0 Å². The molecule has 0 aliphatic heterocycles. The number of methoxy groups -OCH3 is 1. The SMILES string of the molecule is COC(=O)c1c(C)c(-c2ccccc2)nc2ncccc12. The number of aromatic nitrogens is 2. The van der Waals surface area contributed by atoms with Crippen molar-refractivity contribution in [3.05, 3.63) is 59.8 Å². The largest absolute Gasteiger partial charge is 0.465 e. The summed E-state index contributed by atoms with van der Waals surface area (Å²) in [5.74, 6) is -0.370. The summed E-state index contributed by atoms with van der Waals surface area (Å²) in [6.45, 7) is 1.88. The van der Waals surface area contributed by atoms with Gasteiger partial charge in [-0.15, -0.1) is 0 Å². The van der Waals surface area contributed by atoms with Gasteiger partial charge in [-0.2, -0.15) is 0 Å². The fourth-order valence-electron chi connectivity index (χ4n) is 2.43. The summed E-state index contributed by atoms with van der Waals surface area (Å²) < 4.78 is 4.92. The minimum Gasteiger partial charge on any atom is -0.465 e. The number of ether oxygens (including phenoxy) is 1. The average molecular weight is 278 g/mol. The maximum absolute atomic E-state index is 12.2. The molecule has 4 heteroatoms. The molecule has 2 aromatic heterocycles. The van der Waals surface area contributed by atoms with Crippen molar-refractivity contribution in [2.45, 2.75) is 6.92 Å². The molecule has 0 N–H and O–H groups in total. The number of nitrogens with zero attached hydrogens (tertiary/aromatic N) is 2.